The molecule has 24 heavy (non-hydrogen) atoms. The van der Waals surface area contributed by atoms with Crippen LogP contribution in [0.1, 0.15) is 24.8 Å². The molecule has 3 rings (SSSR count). The van der Waals surface area contributed by atoms with Gasteiger partial charge in [-0.3, -0.25) is 14.4 Å². The van der Waals surface area contributed by atoms with Crippen LogP contribution in [0, 0.1) is 0 Å². The highest BCUT2D eigenvalue weighted by atomic mass is 16.2. The molecule has 0 spiro atoms. The molecule has 2 heterocycles. The Morgan fingerprint density at radius 3 is 2.58 bits per heavy atom. The number of nitrogens with zero attached hydrogens (tertiary/aromatic N) is 3. The fourth-order valence-corrected chi connectivity index (χ4v) is 2.82. The molecule has 0 bridgehead atoms. The second-order valence-electron chi connectivity index (χ2n) is 5.84. The van der Waals surface area contributed by atoms with Crippen molar-refractivity contribution in [1.29, 1.82) is 0 Å². The topological polar surface area (TPSA) is 82.1 Å². The Kier molecular flexibility index (Phi) is 4.88. The van der Waals surface area contributed by atoms with Gasteiger partial charge in [-0.2, -0.15) is 5.10 Å². The Balaban J connectivity index is 1.51. The largest absolute Gasteiger partial charge is 0.353 e. The minimum absolute atomic E-state index is 0.0764. The molecule has 0 radical (unpaired) electrons. The van der Waals surface area contributed by atoms with Gasteiger partial charge in [0.25, 0.3) is 0 Å². The minimum atomic E-state index is -0.162. The number of hydrazone groups is 1. The zero-order valence-corrected chi connectivity index (χ0v) is 13.4. The number of rotatable bonds is 4. The lowest BCUT2D eigenvalue weighted by atomic mass is 10.1. The van der Waals surface area contributed by atoms with Crippen molar-refractivity contribution in [2.24, 2.45) is 5.10 Å². The number of carbonyl (C=O) groups excluding carboxylic acids is 3. The monoisotopic (exact) mass is 328 g/mol. The SMILES string of the molecule is O=C1CN(C(=O)CCC(=O)N2CCC(c3ccccc3)=N2)CCN1. The van der Waals surface area contributed by atoms with Crippen LogP contribution in [0.4, 0.5) is 0 Å². The van der Waals surface area contributed by atoms with Crippen molar-refractivity contribution in [2.75, 3.05) is 26.2 Å². The van der Waals surface area contributed by atoms with Crippen LogP contribution < -0.4 is 5.32 Å². The first-order chi connectivity index (χ1) is 11.6. The highest BCUT2D eigenvalue weighted by molar-refractivity contribution is 6.02. The smallest absolute Gasteiger partial charge is 0.243 e. The van der Waals surface area contributed by atoms with Crippen LogP contribution in [0.2, 0.25) is 0 Å². The van der Waals surface area contributed by atoms with Crippen molar-refractivity contribution in [3.63, 3.8) is 0 Å². The van der Waals surface area contributed by atoms with E-state index in [1.807, 2.05) is 30.3 Å². The summed E-state index contributed by atoms with van der Waals surface area (Å²) in [5.74, 6) is -0.474. The molecule has 0 aliphatic carbocycles. The van der Waals surface area contributed by atoms with E-state index >= 15 is 0 Å². The summed E-state index contributed by atoms with van der Waals surface area (Å²) in [5, 5.41) is 8.49. The summed E-state index contributed by atoms with van der Waals surface area (Å²) >= 11 is 0. The van der Waals surface area contributed by atoms with E-state index in [1.165, 1.54) is 9.91 Å². The first-order valence-corrected chi connectivity index (χ1v) is 8.11. The summed E-state index contributed by atoms with van der Waals surface area (Å²) < 4.78 is 0. The van der Waals surface area contributed by atoms with Gasteiger partial charge in [0.2, 0.25) is 17.7 Å². The van der Waals surface area contributed by atoms with E-state index in [-0.39, 0.29) is 37.1 Å². The third-order valence-electron chi connectivity index (χ3n) is 4.14. The average molecular weight is 328 g/mol. The van der Waals surface area contributed by atoms with Gasteiger partial charge < -0.3 is 10.2 Å². The highest BCUT2D eigenvalue weighted by Gasteiger charge is 2.24. The summed E-state index contributed by atoms with van der Waals surface area (Å²) in [7, 11) is 0. The molecule has 126 valence electrons. The van der Waals surface area contributed by atoms with Gasteiger partial charge in [0, 0.05) is 32.4 Å². The zero-order valence-electron chi connectivity index (χ0n) is 13.4. The Morgan fingerprint density at radius 1 is 1.08 bits per heavy atom. The van der Waals surface area contributed by atoms with Crippen molar-refractivity contribution in [2.45, 2.75) is 19.3 Å². The molecule has 1 fully saturated rings. The fourth-order valence-electron chi connectivity index (χ4n) is 2.82. The van der Waals surface area contributed by atoms with Crippen LogP contribution in [-0.4, -0.2) is 59.5 Å². The van der Waals surface area contributed by atoms with Gasteiger partial charge in [0.05, 0.1) is 18.8 Å². The summed E-state index contributed by atoms with van der Waals surface area (Å²) in [4.78, 5) is 37.1. The Hall–Kier alpha value is -2.70. The lowest BCUT2D eigenvalue weighted by molar-refractivity contribution is -0.140. The van der Waals surface area contributed by atoms with Crippen molar-refractivity contribution in [1.82, 2.24) is 15.2 Å². The Labute approximate surface area is 140 Å². The van der Waals surface area contributed by atoms with Crippen LogP contribution in [-0.2, 0) is 14.4 Å². The lowest BCUT2D eigenvalue weighted by Crippen LogP contribution is -2.50. The van der Waals surface area contributed by atoms with Gasteiger partial charge in [-0.25, -0.2) is 5.01 Å². The van der Waals surface area contributed by atoms with Gasteiger partial charge >= 0.3 is 0 Å². The Morgan fingerprint density at radius 2 is 1.83 bits per heavy atom. The molecular formula is C17H20N4O3. The van der Waals surface area contributed by atoms with E-state index < -0.39 is 0 Å². The fraction of sp³-hybridized carbons (Fsp3) is 0.412. The van der Waals surface area contributed by atoms with E-state index in [4.69, 9.17) is 0 Å². The lowest BCUT2D eigenvalue weighted by Gasteiger charge is -2.26. The molecule has 1 N–H and O–H groups in total. The molecule has 0 unspecified atom stereocenters. The van der Waals surface area contributed by atoms with Gasteiger partial charge in [0.15, 0.2) is 0 Å². The number of hydrogen-bond acceptors (Lipinski definition) is 4. The first kappa shape index (κ1) is 16.2. The van der Waals surface area contributed by atoms with E-state index in [2.05, 4.69) is 10.4 Å². The van der Waals surface area contributed by atoms with Crippen molar-refractivity contribution < 1.29 is 14.4 Å². The number of hydrogen-bond donors (Lipinski definition) is 1. The van der Waals surface area contributed by atoms with E-state index in [0.29, 0.717) is 19.6 Å². The average Bonchev–Trinajstić information content (AvgIpc) is 3.10. The maximum Gasteiger partial charge on any atom is 0.243 e. The second-order valence-corrected chi connectivity index (χ2v) is 5.84. The quantitative estimate of drug-likeness (QED) is 0.866. The molecule has 7 nitrogen and oxygen atoms in total. The maximum absolute atomic E-state index is 12.2. The molecule has 1 saturated heterocycles. The molecular weight excluding hydrogens is 308 g/mol. The molecule has 7 heteroatoms. The molecule has 0 aromatic heterocycles. The van der Waals surface area contributed by atoms with E-state index in [0.717, 1.165) is 17.7 Å². The van der Waals surface area contributed by atoms with Crippen LogP contribution in [0.15, 0.2) is 35.4 Å². The summed E-state index contributed by atoms with van der Waals surface area (Å²) in [6, 6.07) is 9.76. The van der Waals surface area contributed by atoms with Crippen LogP contribution in [0.5, 0.6) is 0 Å². The van der Waals surface area contributed by atoms with E-state index in [9.17, 15) is 14.4 Å². The number of nitrogens with one attached hydrogen (secondary N) is 1. The zero-order chi connectivity index (χ0) is 16.9. The summed E-state index contributed by atoms with van der Waals surface area (Å²) in [6.45, 7) is 1.59. The van der Waals surface area contributed by atoms with Gasteiger partial charge in [-0.15, -0.1) is 0 Å². The predicted molar refractivity (Wildman–Crippen MR) is 88.1 cm³/mol. The number of piperazine rings is 1. The molecule has 1 aromatic rings. The third kappa shape index (κ3) is 3.79. The van der Waals surface area contributed by atoms with Crippen LogP contribution in [0.3, 0.4) is 0 Å². The molecule has 2 aliphatic rings. The normalized spacial score (nSPS) is 17.5. The molecule has 3 amide bonds. The summed E-state index contributed by atoms with van der Waals surface area (Å²) in [6.07, 6.45) is 0.942. The van der Waals surface area contributed by atoms with Crippen molar-refractivity contribution in [3.8, 4) is 0 Å². The van der Waals surface area contributed by atoms with Gasteiger partial charge in [0.1, 0.15) is 0 Å². The minimum Gasteiger partial charge on any atom is -0.353 e. The first-order valence-electron chi connectivity index (χ1n) is 8.11. The van der Waals surface area contributed by atoms with Crippen molar-refractivity contribution in [3.05, 3.63) is 35.9 Å². The Bertz CT molecular complexity index is 672. The molecule has 2 aliphatic heterocycles. The van der Waals surface area contributed by atoms with Gasteiger partial charge in [-0.1, -0.05) is 30.3 Å². The predicted octanol–water partition coefficient (Wildman–Crippen LogP) is 0.362. The summed E-state index contributed by atoms with van der Waals surface area (Å²) in [5.41, 5.74) is 1.91. The van der Waals surface area contributed by atoms with E-state index in [1.54, 1.807) is 0 Å². The van der Waals surface area contributed by atoms with Crippen LogP contribution in [0.25, 0.3) is 0 Å². The second kappa shape index (κ2) is 7.25. The number of carbonyl (C=O) groups is 3. The van der Waals surface area contributed by atoms with Crippen molar-refractivity contribution >= 4 is 23.4 Å². The van der Waals surface area contributed by atoms with Crippen LogP contribution >= 0.6 is 0 Å². The van der Waals surface area contributed by atoms with Gasteiger partial charge in [-0.05, 0) is 5.56 Å². The number of amides is 3. The number of benzene rings is 1. The highest BCUT2D eigenvalue weighted by Crippen LogP contribution is 2.15. The maximum atomic E-state index is 12.2. The molecule has 0 atom stereocenters. The standard InChI is InChI=1S/C17H20N4O3/c22-15-12-20(11-9-18-15)16(23)6-7-17(24)21-10-8-14(19-21)13-4-2-1-3-5-13/h1-5H,6-12H2,(H,18,22). The third-order valence-corrected chi connectivity index (χ3v) is 4.14. The molecule has 1 aromatic carbocycles. The molecule has 0 saturated carbocycles.